The van der Waals surface area contributed by atoms with Gasteiger partial charge in [0.2, 0.25) is 0 Å². The molecule has 141 valence electrons. The Labute approximate surface area is 186 Å². The van der Waals surface area contributed by atoms with Crippen LogP contribution in [-0.4, -0.2) is 0 Å². The zero-order valence-electron chi connectivity index (χ0n) is 17.2. The Morgan fingerprint density at radius 3 is 1.81 bits per heavy atom. The first-order valence-electron chi connectivity index (χ1n) is 9.79. The maximum absolute atomic E-state index is 3.60. The summed E-state index contributed by atoms with van der Waals surface area (Å²) < 4.78 is 0. The van der Waals surface area contributed by atoms with Crippen molar-refractivity contribution in [3.8, 4) is 11.1 Å². The fourth-order valence-electron chi connectivity index (χ4n) is 2.34. The molecule has 0 unspecified atom stereocenters. The van der Waals surface area contributed by atoms with Crippen molar-refractivity contribution in [1.29, 1.82) is 0 Å². The second-order valence-electron chi connectivity index (χ2n) is 6.18. The average molecular weight is 437 g/mol. The summed E-state index contributed by atoms with van der Waals surface area (Å²) in [4.78, 5) is 0. The molecule has 3 aromatic carbocycles. The molecule has 1 radical (unpaired) electrons. The second kappa shape index (κ2) is 15.8. The van der Waals surface area contributed by atoms with Crippen molar-refractivity contribution in [2.24, 2.45) is 0 Å². The average Bonchev–Trinajstić information content (AvgIpc) is 2.73. The number of benzene rings is 3. The summed E-state index contributed by atoms with van der Waals surface area (Å²) in [7, 11) is 0. The van der Waals surface area contributed by atoms with Gasteiger partial charge in [-0.1, -0.05) is 81.6 Å². The molecule has 0 saturated heterocycles. The minimum Gasteiger partial charge on any atom is -0.343 e. The molecule has 3 rings (SSSR count). The summed E-state index contributed by atoms with van der Waals surface area (Å²) >= 11 is 0. The molecular formula is C26H33Zr. The molecular weight excluding hydrogens is 404 g/mol. The van der Waals surface area contributed by atoms with Crippen LogP contribution in [0.25, 0.3) is 21.9 Å². The molecule has 3 aromatic rings. The maximum atomic E-state index is 3.60. The Kier molecular flexibility index (Phi) is 15.1. The first kappa shape index (κ1) is 25.8. The quantitative estimate of drug-likeness (QED) is 0.362. The predicted octanol–water partition coefficient (Wildman–Crippen LogP) is 8.11. The van der Waals surface area contributed by atoms with Gasteiger partial charge in [0.15, 0.2) is 0 Å². The van der Waals surface area contributed by atoms with E-state index in [-0.39, 0.29) is 26.2 Å². The summed E-state index contributed by atoms with van der Waals surface area (Å²) in [5, 5.41) is 2.48. The van der Waals surface area contributed by atoms with Crippen molar-refractivity contribution in [2.45, 2.75) is 52.9 Å². The van der Waals surface area contributed by atoms with Crippen LogP contribution in [0.5, 0.6) is 0 Å². The molecule has 0 N–H and O–H groups in total. The van der Waals surface area contributed by atoms with Crippen LogP contribution >= 0.6 is 0 Å². The van der Waals surface area contributed by atoms with E-state index in [2.05, 4.69) is 101 Å². The summed E-state index contributed by atoms with van der Waals surface area (Å²) in [5.74, 6) is 0. The molecule has 0 aromatic heterocycles. The van der Waals surface area contributed by atoms with Crippen LogP contribution in [0.15, 0.2) is 60.7 Å². The number of rotatable bonds is 4. The summed E-state index contributed by atoms with van der Waals surface area (Å²) in [6.45, 7) is 13.6. The van der Waals surface area contributed by atoms with Gasteiger partial charge >= 0.3 is 26.2 Å². The van der Waals surface area contributed by atoms with E-state index in [0.717, 1.165) is 19.3 Å². The minimum atomic E-state index is 0. The van der Waals surface area contributed by atoms with Gasteiger partial charge in [0.1, 0.15) is 0 Å². The fraction of sp³-hybridized carbons (Fsp3) is 0.308. The first-order valence-corrected chi connectivity index (χ1v) is 9.79. The van der Waals surface area contributed by atoms with E-state index in [0.29, 0.717) is 0 Å². The second-order valence-corrected chi connectivity index (χ2v) is 6.18. The van der Waals surface area contributed by atoms with Gasteiger partial charge < -0.3 is 13.8 Å². The van der Waals surface area contributed by atoms with Gasteiger partial charge in [-0.25, -0.2) is 0 Å². The third-order valence-electron chi connectivity index (χ3n) is 4.00. The number of hydrogen-bond acceptors (Lipinski definition) is 0. The van der Waals surface area contributed by atoms with Gasteiger partial charge in [-0.15, -0.1) is 40.6 Å². The van der Waals surface area contributed by atoms with Crippen molar-refractivity contribution in [2.75, 3.05) is 0 Å². The molecule has 27 heavy (non-hydrogen) atoms. The molecule has 0 saturated carbocycles. The minimum absolute atomic E-state index is 0. The molecule has 1 heteroatoms. The van der Waals surface area contributed by atoms with Gasteiger partial charge in [-0.3, -0.25) is 0 Å². The van der Waals surface area contributed by atoms with E-state index in [1.54, 1.807) is 0 Å². The van der Waals surface area contributed by atoms with Gasteiger partial charge in [0.25, 0.3) is 0 Å². The molecule has 0 atom stereocenters. The molecule has 0 aliphatic heterocycles. The molecule has 0 fully saturated rings. The van der Waals surface area contributed by atoms with Gasteiger partial charge in [-0.05, 0) is 12.0 Å². The van der Waals surface area contributed by atoms with Crippen molar-refractivity contribution in [1.82, 2.24) is 0 Å². The van der Waals surface area contributed by atoms with Gasteiger partial charge in [0, 0.05) is 0 Å². The first-order chi connectivity index (χ1) is 12.7. The van der Waals surface area contributed by atoms with Gasteiger partial charge in [0.05, 0.1) is 0 Å². The fourth-order valence-corrected chi connectivity index (χ4v) is 2.34. The molecule has 0 aliphatic rings. The number of fused-ring (bicyclic) bond motifs is 1. The molecule has 0 heterocycles. The van der Waals surface area contributed by atoms with Crippen LogP contribution in [0.2, 0.25) is 0 Å². The van der Waals surface area contributed by atoms with Crippen LogP contribution < -0.4 is 0 Å². The summed E-state index contributed by atoms with van der Waals surface area (Å²) in [6, 6.07) is 24.8. The normalized spacial score (nSPS) is 9.37. The predicted molar refractivity (Wildman–Crippen MR) is 118 cm³/mol. The number of unbranched alkanes of at least 4 members (excludes halogenated alkanes) is 2. The summed E-state index contributed by atoms with van der Waals surface area (Å²) in [6.07, 6.45) is 5.57. The van der Waals surface area contributed by atoms with Crippen LogP contribution in [0, 0.1) is 19.9 Å². The van der Waals surface area contributed by atoms with Gasteiger partial charge in [-0.2, -0.15) is 12.8 Å². The monoisotopic (exact) mass is 435 g/mol. The number of hydrogen-bond donors (Lipinski definition) is 0. The Hall–Kier alpha value is -1.20. The van der Waals surface area contributed by atoms with Crippen molar-refractivity contribution in [3.63, 3.8) is 0 Å². The van der Waals surface area contributed by atoms with E-state index in [1.807, 2.05) is 0 Å². The van der Waals surface area contributed by atoms with E-state index >= 15 is 0 Å². The smallest absolute Gasteiger partial charge is 0.343 e. The van der Waals surface area contributed by atoms with Crippen LogP contribution in [0.1, 0.15) is 52.0 Å². The van der Waals surface area contributed by atoms with Crippen LogP contribution in [0.3, 0.4) is 0 Å². The Balaban J connectivity index is 0.000000646. The number of aryl methyl sites for hydroxylation is 1. The van der Waals surface area contributed by atoms with E-state index in [4.69, 9.17) is 0 Å². The van der Waals surface area contributed by atoms with Crippen LogP contribution in [-0.2, 0) is 32.6 Å². The van der Waals surface area contributed by atoms with E-state index in [1.165, 1.54) is 40.3 Å². The van der Waals surface area contributed by atoms with Crippen molar-refractivity contribution < 1.29 is 26.2 Å². The zero-order chi connectivity index (χ0) is 19.2. The molecule has 0 nitrogen and oxygen atoms in total. The van der Waals surface area contributed by atoms with Crippen molar-refractivity contribution >= 4 is 10.8 Å². The third kappa shape index (κ3) is 9.02. The molecule has 0 spiro atoms. The SMILES string of the molecule is CCc1[c-]c2ccccc2c(-c2ccccc2)c1.[CH2-]CCC.[CH2-]CCC.[Zr+3]. The topological polar surface area (TPSA) is 0 Å². The maximum Gasteiger partial charge on any atom is 3.00 e. The summed E-state index contributed by atoms with van der Waals surface area (Å²) in [5.41, 5.74) is 3.85. The van der Waals surface area contributed by atoms with E-state index < -0.39 is 0 Å². The van der Waals surface area contributed by atoms with Crippen LogP contribution in [0.4, 0.5) is 0 Å². The largest absolute Gasteiger partial charge is 3.00 e. The standard InChI is InChI=1S/C18H15.2C4H9.Zr/c1-2-14-12-16-10-6-7-11-17(16)18(13-14)15-8-4-3-5-9-15;2*1-3-4-2;/h3-11,13H,2H2,1H3;2*1,3-4H2,2H3;/q3*-1;+3. The third-order valence-corrected chi connectivity index (χ3v) is 4.00. The molecule has 0 bridgehead atoms. The Bertz CT molecular complexity index is 724. The zero-order valence-corrected chi connectivity index (χ0v) is 19.7. The van der Waals surface area contributed by atoms with Crippen molar-refractivity contribution in [3.05, 3.63) is 86.1 Å². The Morgan fingerprint density at radius 1 is 0.778 bits per heavy atom. The molecule has 0 aliphatic carbocycles. The van der Waals surface area contributed by atoms with E-state index in [9.17, 15) is 0 Å². The Morgan fingerprint density at radius 2 is 1.30 bits per heavy atom. The molecule has 0 amide bonds.